The highest BCUT2D eigenvalue weighted by Gasteiger charge is 2.08. The third-order valence-electron chi connectivity index (χ3n) is 3.30. The molecule has 2 heterocycles. The second-order valence-corrected chi connectivity index (χ2v) is 4.72. The van der Waals surface area contributed by atoms with Crippen molar-refractivity contribution in [2.75, 3.05) is 11.9 Å². The van der Waals surface area contributed by atoms with E-state index in [4.69, 9.17) is 5.11 Å². The Hall–Kier alpha value is -2.96. The van der Waals surface area contributed by atoms with Crippen molar-refractivity contribution in [1.29, 1.82) is 0 Å². The molecule has 0 aliphatic carbocycles. The lowest BCUT2D eigenvalue weighted by Crippen LogP contribution is -2.10. The minimum absolute atomic E-state index is 0.0633. The van der Waals surface area contributed by atoms with Crippen LogP contribution in [0.25, 0.3) is 10.9 Å². The van der Waals surface area contributed by atoms with Crippen LogP contribution < -0.4 is 5.32 Å². The minimum Gasteiger partial charge on any atom is -0.477 e. The summed E-state index contributed by atoms with van der Waals surface area (Å²) in [6.45, 7) is 0.506. The number of aromatic amines is 1. The molecule has 22 heavy (non-hydrogen) atoms. The first-order valence-electron chi connectivity index (χ1n) is 6.70. The molecule has 0 bridgehead atoms. The van der Waals surface area contributed by atoms with Gasteiger partial charge in [-0.2, -0.15) is 0 Å². The van der Waals surface area contributed by atoms with E-state index in [9.17, 15) is 9.18 Å². The van der Waals surface area contributed by atoms with Crippen LogP contribution in [0.15, 0.2) is 36.7 Å². The quantitative estimate of drug-likeness (QED) is 0.673. The molecule has 0 spiro atoms. The Bertz CT molecular complexity index is 831. The zero-order chi connectivity index (χ0) is 15.5. The van der Waals surface area contributed by atoms with Gasteiger partial charge in [-0.3, -0.25) is 0 Å². The smallest absolute Gasteiger partial charge is 0.354 e. The van der Waals surface area contributed by atoms with Crippen LogP contribution in [0, 0.1) is 5.82 Å². The van der Waals surface area contributed by atoms with Crippen molar-refractivity contribution < 1.29 is 14.3 Å². The minimum atomic E-state index is -1.10. The number of halogens is 1. The number of carbonyl (C=O) groups is 1. The molecule has 112 valence electrons. The van der Waals surface area contributed by atoms with E-state index in [0.717, 1.165) is 10.9 Å². The van der Waals surface area contributed by atoms with Crippen LogP contribution >= 0.6 is 0 Å². The molecule has 0 amide bonds. The van der Waals surface area contributed by atoms with Gasteiger partial charge in [-0.25, -0.2) is 19.2 Å². The Balaban J connectivity index is 1.69. The van der Waals surface area contributed by atoms with E-state index in [1.807, 2.05) is 6.07 Å². The van der Waals surface area contributed by atoms with Crippen molar-refractivity contribution >= 4 is 22.8 Å². The van der Waals surface area contributed by atoms with E-state index in [2.05, 4.69) is 20.3 Å². The molecule has 0 saturated carbocycles. The predicted octanol–water partition coefficient (Wildman–Crippen LogP) is 2.45. The Morgan fingerprint density at radius 1 is 1.36 bits per heavy atom. The Labute approximate surface area is 125 Å². The summed E-state index contributed by atoms with van der Waals surface area (Å²) in [6.07, 6.45) is 3.79. The van der Waals surface area contributed by atoms with E-state index in [-0.39, 0.29) is 17.5 Å². The summed E-state index contributed by atoms with van der Waals surface area (Å²) >= 11 is 0. The highest BCUT2D eigenvalue weighted by atomic mass is 19.1. The summed E-state index contributed by atoms with van der Waals surface area (Å²) in [4.78, 5) is 21.6. The second-order valence-electron chi connectivity index (χ2n) is 4.72. The van der Waals surface area contributed by atoms with Crippen LogP contribution in [0.4, 0.5) is 10.3 Å². The Morgan fingerprint density at radius 2 is 2.23 bits per heavy atom. The number of carboxylic acids is 1. The molecule has 6 nitrogen and oxygen atoms in total. The van der Waals surface area contributed by atoms with Gasteiger partial charge >= 0.3 is 5.97 Å². The van der Waals surface area contributed by atoms with E-state index in [1.54, 1.807) is 12.3 Å². The number of hydrogen-bond acceptors (Lipinski definition) is 4. The molecule has 3 aromatic rings. The maximum atomic E-state index is 13.6. The molecule has 3 rings (SSSR count). The first kappa shape index (κ1) is 14.0. The van der Waals surface area contributed by atoms with Gasteiger partial charge in [0.05, 0.1) is 5.52 Å². The average molecular weight is 300 g/mol. The molecule has 7 heteroatoms. The fraction of sp³-hybridized carbons (Fsp3) is 0.133. The molecular formula is C15H13FN4O2. The number of nitrogens with one attached hydrogen (secondary N) is 2. The van der Waals surface area contributed by atoms with Crippen molar-refractivity contribution in [2.45, 2.75) is 6.42 Å². The van der Waals surface area contributed by atoms with Crippen molar-refractivity contribution in [1.82, 2.24) is 15.0 Å². The maximum absolute atomic E-state index is 13.6. The average Bonchev–Trinajstić information content (AvgIpc) is 2.92. The first-order chi connectivity index (χ1) is 10.6. The third kappa shape index (κ3) is 2.73. The third-order valence-corrected chi connectivity index (χ3v) is 3.30. The number of H-pyrrole nitrogens is 1. The molecule has 0 aliphatic heterocycles. The van der Waals surface area contributed by atoms with Gasteiger partial charge in [-0.1, -0.05) is 12.1 Å². The number of aromatic nitrogens is 3. The zero-order valence-corrected chi connectivity index (χ0v) is 11.5. The van der Waals surface area contributed by atoms with Gasteiger partial charge in [0.25, 0.3) is 0 Å². The number of para-hydroxylation sites is 1. The number of anilines is 1. The van der Waals surface area contributed by atoms with Gasteiger partial charge in [0.1, 0.15) is 5.82 Å². The van der Waals surface area contributed by atoms with Crippen LogP contribution in [0.5, 0.6) is 0 Å². The lowest BCUT2D eigenvalue weighted by atomic mass is 10.1. The van der Waals surface area contributed by atoms with E-state index in [1.165, 1.54) is 18.3 Å². The molecule has 0 radical (unpaired) electrons. The molecule has 0 fully saturated rings. The molecule has 2 aromatic heterocycles. The number of benzene rings is 1. The summed E-state index contributed by atoms with van der Waals surface area (Å²) in [5.74, 6) is -1.13. The normalized spacial score (nSPS) is 10.8. The van der Waals surface area contributed by atoms with Crippen LogP contribution in [-0.4, -0.2) is 32.6 Å². The van der Waals surface area contributed by atoms with E-state index < -0.39 is 5.97 Å². The van der Waals surface area contributed by atoms with E-state index >= 15 is 0 Å². The van der Waals surface area contributed by atoms with Crippen LogP contribution in [-0.2, 0) is 6.42 Å². The van der Waals surface area contributed by atoms with Crippen LogP contribution in [0.2, 0.25) is 0 Å². The Kier molecular flexibility index (Phi) is 3.69. The number of aromatic carboxylic acids is 1. The molecule has 0 saturated heterocycles. The summed E-state index contributed by atoms with van der Waals surface area (Å²) in [7, 11) is 0. The topological polar surface area (TPSA) is 90.9 Å². The summed E-state index contributed by atoms with van der Waals surface area (Å²) in [6, 6.07) is 6.26. The lowest BCUT2D eigenvalue weighted by molar-refractivity contribution is 0.0690. The van der Waals surface area contributed by atoms with E-state index in [0.29, 0.717) is 18.5 Å². The number of fused-ring (bicyclic) bond motifs is 1. The zero-order valence-electron chi connectivity index (χ0n) is 11.5. The SMILES string of the molecule is O=C(O)c1ccnc(NCCc2c[nH]c3c(F)cccc23)n1. The van der Waals surface area contributed by atoms with Crippen molar-refractivity contribution in [2.24, 2.45) is 0 Å². The summed E-state index contributed by atoms with van der Waals surface area (Å²) < 4.78 is 13.6. The number of hydrogen-bond donors (Lipinski definition) is 3. The second kappa shape index (κ2) is 5.80. The van der Waals surface area contributed by atoms with Gasteiger partial charge < -0.3 is 15.4 Å². The Morgan fingerprint density at radius 3 is 3.05 bits per heavy atom. The fourth-order valence-electron chi connectivity index (χ4n) is 2.25. The van der Waals surface area contributed by atoms with Gasteiger partial charge in [-0.15, -0.1) is 0 Å². The van der Waals surface area contributed by atoms with Gasteiger partial charge in [0, 0.05) is 24.3 Å². The van der Waals surface area contributed by atoms with Gasteiger partial charge in [0.2, 0.25) is 5.95 Å². The standard InChI is InChI=1S/C15H13FN4O2/c16-11-3-1-2-10-9(8-19-13(10)11)4-6-17-15-18-7-5-12(20-15)14(21)22/h1-3,5,7-8,19H,4,6H2,(H,21,22)(H,17,18,20). The molecule has 1 aromatic carbocycles. The molecular weight excluding hydrogens is 287 g/mol. The van der Waals surface area contributed by atoms with Gasteiger partial charge in [0.15, 0.2) is 5.69 Å². The highest BCUT2D eigenvalue weighted by Crippen LogP contribution is 2.21. The number of carboxylic acid groups (broad SMARTS) is 1. The largest absolute Gasteiger partial charge is 0.477 e. The molecule has 3 N–H and O–H groups in total. The van der Waals surface area contributed by atoms with Gasteiger partial charge in [-0.05, 0) is 24.1 Å². The molecule has 0 aliphatic rings. The summed E-state index contributed by atoms with van der Waals surface area (Å²) in [5, 5.41) is 12.7. The molecule has 0 atom stereocenters. The van der Waals surface area contributed by atoms with Crippen LogP contribution in [0.3, 0.4) is 0 Å². The van der Waals surface area contributed by atoms with Crippen molar-refractivity contribution in [3.05, 3.63) is 53.7 Å². The number of rotatable bonds is 5. The lowest BCUT2D eigenvalue weighted by Gasteiger charge is -2.04. The number of nitrogens with zero attached hydrogens (tertiary/aromatic N) is 2. The monoisotopic (exact) mass is 300 g/mol. The van der Waals surface area contributed by atoms with Crippen LogP contribution in [0.1, 0.15) is 16.1 Å². The summed E-state index contributed by atoms with van der Waals surface area (Å²) in [5.41, 5.74) is 1.39. The first-order valence-corrected chi connectivity index (χ1v) is 6.70. The predicted molar refractivity (Wildman–Crippen MR) is 79.4 cm³/mol. The van der Waals surface area contributed by atoms with Crippen molar-refractivity contribution in [3.8, 4) is 0 Å². The van der Waals surface area contributed by atoms with Crippen molar-refractivity contribution in [3.63, 3.8) is 0 Å². The molecule has 0 unspecified atom stereocenters. The highest BCUT2D eigenvalue weighted by molar-refractivity contribution is 5.85. The maximum Gasteiger partial charge on any atom is 0.354 e. The fourth-order valence-corrected chi connectivity index (χ4v) is 2.25.